The Balaban J connectivity index is 1.25. The fraction of sp³-hybridized carbons (Fsp3) is 0.182. The number of carbonyl (C=O) groups excluding carboxylic acids is 2. The number of halogens is 2. The quantitative estimate of drug-likeness (QED) is 0.233. The van der Waals surface area contributed by atoms with E-state index in [1.807, 2.05) is 18.2 Å². The third-order valence-corrected chi connectivity index (χ3v) is 7.32. The van der Waals surface area contributed by atoms with Crippen LogP contribution in [0.4, 0.5) is 30.8 Å². The van der Waals surface area contributed by atoms with Gasteiger partial charge in [-0.1, -0.05) is 6.07 Å². The van der Waals surface area contributed by atoms with Crippen molar-refractivity contribution in [2.75, 3.05) is 55.9 Å². The van der Waals surface area contributed by atoms with Gasteiger partial charge in [-0.15, -0.1) is 0 Å². The van der Waals surface area contributed by atoms with Gasteiger partial charge in [0.1, 0.15) is 11.6 Å². The van der Waals surface area contributed by atoms with E-state index >= 15 is 0 Å². The molecule has 5 aromatic rings. The van der Waals surface area contributed by atoms with Crippen molar-refractivity contribution in [1.82, 2.24) is 19.9 Å². The number of anilines is 3. The third kappa shape index (κ3) is 6.41. The van der Waals surface area contributed by atoms with Crippen LogP contribution in [0, 0.1) is 11.8 Å². The summed E-state index contributed by atoms with van der Waals surface area (Å²) in [5.41, 5.74) is 2.97. The first-order chi connectivity index (χ1) is 21.8. The number of hydrogen-bond donors (Lipinski definition) is 2. The highest BCUT2D eigenvalue weighted by molar-refractivity contribution is 6.01. The van der Waals surface area contributed by atoms with Gasteiger partial charge in [0.2, 0.25) is 5.95 Å². The number of amides is 3. The summed E-state index contributed by atoms with van der Waals surface area (Å²) >= 11 is 0. The van der Waals surface area contributed by atoms with Crippen molar-refractivity contribution in [2.24, 2.45) is 0 Å². The van der Waals surface area contributed by atoms with Gasteiger partial charge in [0, 0.05) is 61.3 Å². The number of nitrogens with zero attached hydrogens (tertiary/aromatic N) is 5. The lowest BCUT2D eigenvalue weighted by Gasteiger charge is -2.29. The maximum atomic E-state index is 14.5. The highest BCUT2D eigenvalue weighted by Gasteiger charge is 2.20. The van der Waals surface area contributed by atoms with Gasteiger partial charge < -0.3 is 25.2 Å². The summed E-state index contributed by atoms with van der Waals surface area (Å²) < 4.78 is 34.5. The second kappa shape index (κ2) is 12.6. The molecule has 3 heterocycles. The van der Waals surface area contributed by atoms with Gasteiger partial charge in [0.15, 0.2) is 5.82 Å². The topological polar surface area (TPSA) is 113 Å². The number of carbonyl (C=O) groups is 2. The second-order valence-corrected chi connectivity index (χ2v) is 10.6. The number of aromatic nitrogens is 3. The van der Waals surface area contributed by atoms with E-state index in [4.69, 9.17) is 14.7 Å². The molecular weight excluding hydrogens is 580 g/mol. The smallest absolute Gasteiger partial charge is 0.323 e. The summed E-state index contributed by atoms with van der Waals surface area (Å²) in [6.07, 6.45) is 1.41. The molecule has 0 unspecified atom stereocenters. The number of nitrogens with one attached hydrogen (secondary N) is 2. The largest absolute Gasteiger partial charge is 0.378 e. The molecule has 45 heavy (non-hydrogen) atoms. The zero-order chi connectivity index (χ0) is 31.5. The van der Waals surface area contributed by atoms with Crippen LogP contribution >= 0.6 is 0 Å². The lowest BCUT2D eigenvalue weighted by molar-refractivity contribution is 0.0823. The SMILES string of the molecule is CN(C)C(=O)c1ccc(NC(=O)Nc2ccc(-c3nc(N4CCOCC4)c4ccc(-c5cccnc5F)cc4n3)cc2)cc1F. The van der Waals surface area contributed by atoms with Crippen LogP contribution in [0.1, 0.15) is 10.4 Å². The van der Waals surface area contributed by atoms with Gasteiger partial charge in [0.05, 0.1) is 24.3 Å². The molecule has 1 aliphatic heterocycles. The van der Waals surface area contributed by atoms with Crippen molar-refractivity contribution in [3.63, 3.8) is 0 Å². The number of urea groups is 1. The Labute approximate surface area is 257 Å². The lowest BCUT2D eigenvalue weighted by atomic mass is 10.0. The zero-order valence-corrected chi connectivity index (χ0v) is 24.6. The first-order valence-electron chi connectivity index (χ1n) is 14.2. The second-order valence-electron chi connectivity index (χ2n) is 10.6. The number of pyridine rings is 1. The Morgan fingerprint density at radius 2 is 1.58 bits per heavy atom. The van der Waals surface area contributed by atoms with E-state index < -0.39 is 23.7 Å². The Morgan fingerprint density at radius 3 is 2.29 bits per heavy atom. The average Bonchev–Trinajstić information content (AvgIpc) is 3.04. The van der Waals surface area contributed by atoms with Crippen molar-refractivity contribution in [3.8, 4) is 22.5 Å². The van der Waals surface area contributed by atoms with Crippen LogP contribution in [0.3, 0.4) is 0 Å². The number of hydrogen-bond acceptors (Lipinski definition) is 7. The fourth-order valence-corrected chi connectivity index (χ4v) is 5.03. The van der Waals surface area contributed by atoms with E-state index in [2.05, 4.69) is 20.5 Å². The van der Waals surface area contributed by atoms with Crippen LogP contribution in [0.5, 0.6) is 0 Å². The number of rotatable bonds is 6. The fourth-order valence-electron chi connectivity index (χ4n) is 5.03. The summed E-state index contributed by atoms with van der Waals surface area (Å²) in [7, 11) is 3.06. The maximum absolute atomic E-state index is 14.5. The van der Waals surface area contributed by atoms with Gasteiger partial charge in [0.25, 0.3) is 5.91 Å². The van der Waals surface area contributed by atoms with Gasteiger partial charge >= 0.3 is 6.03 Å². The van der Waals surface area contributed by atoms with Gasteiger partial charge in [-0.3, -0.25) is 4.79 Å². The number of morpholine rings is 1. The van der Waals surface area contributed by atoms with E-state index in [9.17, 15) is 18.4 Å². The summed E-state index contributed by atoms with van der Waals surface area (Å²) in [6.45, 7) is 2.49. The average molecular weight is 610 g/mol. The van der Waals surface area contributed by atoms with Crippen LogP contribution in [-0.2, 0) is 4.74 Å². The summed E-state index contributed by atoms with van der Waals surface area (Å²) in [5.74, 6) is -0.553. The number of benzene rings is 3. The molecule has 1 aliphatic rings. The zero-order valence-electron chi connectivity index (χ0n) is 24.6. The molecule has 2 aromatic heterocycles. The van der Waals surface area contributed by atoms with Gasteiger partial charge in [-0.2, -0.15) is 4.39 Å². The summed E-state index contributed by atoms with van der Waals surface area (Å²) in [4.78, 5) is 41.6. The molecule has 0 atom stereocenters. The van der Waals surface area contributed by atoms with E-state index in [0.717, 1.165) is 17.3 Å². The van der Waals surface area contributed by atoms with E-state index in [1.165, 1.54) is 37.3 Å². The minimum Gasteiger partial charge on any atom is -0.378 e. The molecule has 3 aromatic carbocycles. The molecule has 0 radical (unpaired) electrons. The third-order valence-electron chi connectivity index (χ3n) is 7.32. The van der Waals surface area contributed by atoms with E-state index in [0.29, 0.717) is 60.0 Å². The lowest BCUT2D eigenvalue weighted by Crippen LogP contribution is -2.37. The molecule has 228 valence electrons. The van der Waals surface area contributed by atoms with Crippen molar-refractivity contribution < 1.29 is 23.1 Å². The normalized spacial score (nSPS) is 13.0. The van der Waals surface area contributed by atoms with Crippen LogP contribution in [-0.4, -0.2) is 72.2 Å². The Hall–Kier alpha value is -5.49. The maximum Gasteiger partial charge on any atom is 0.323 e. The highest BCUT2D eigenvalue weighted by atomic mass is 19.1. The molecule has 12 heteroatoms. The molecule has 0 saturated carbocycles. The Morgan fingerprint density at radius 1 is 0.867 bits per heavy atom. The Bertz CT molecular complexity index is 1890. The minimum absolute atomic E-state index is 0.0882. The molecule has 0 bridgehead atoms. The molecule has 1 fully saturated rings. The monoisotopic (exact) mass is 609 g/mol. The van der Waals surface area contributed by atoms with Gasteiger partial charge in [-0.05, 0) is 72.3 Å². The standard InChI is InChI=1S/C33H29F2N7O3/c1-41(2)32(43)25-12-10-23(19-27(25)34)38-33(44)37-22-8-5-20(6-9-22)30-39-28-18-21(24-4-3-13-36-29(24)35)7-11-26(28)31(40-30)42-14-16-45-17-15-42/h3-13,18-19H,14-17H2,1-2H3,(H2,37,38,44). The predicted octanol–water partition coefficient (Wildman–Crippen LogP) is 5.82. The van der Waals surface area contributed by atoms with Crippen molar-refractivity contribution in [1.29, 1.82) is 0 Å². The molecule has 3 amide bonds. The van der Waals surface area contributed by atoms with Gasteiger partial charge in [-0.25, -0.2) is 24.1 Å². The first kappa shape index (κ1) is 29.6. The summed E-state index contributed by atoms with van der Waals surface area (Å²) in [6, 6.07) is 19.2. The van der Waals surface area contributed by atoms with Crippen molar-refractivity contribution >= 4 is 40.0 Å². The van der Waals surface area contributed by atoms with E-state index in [1.54, 1.807) is 36.4 Å². The van der Waals surface area contributed by atoms with Crippen molar-refractivity contribution in [3.05, 3.63) is 96.3 Å². The molecule has 1 saturated heterocycles. The molecule has 6 rings (SSSR count). The molecule has 10 nitrogen and oxygen atoms in total. The highest BCUT2D eigenvalue weighted by Crippen LogP contribution is 2.32. The van der Waals surface area contributed by atoms with Crippen LogP contribution in [0.15, 0.2) is 79.0 Å². The number of ether oxygens (including phenoxy) is 1. The van der Waals surface area contributed by atoms with Crippen LogP contribution in [0.2, 0.25) is 0 Å². The van der Waals surface area contributed by atoms with E-state index in [-0.39, 0.29) is 11.3 Å². The predicted molar refractivity (Wildman–Crippen MR) is 168 cm³/mol. The van der Waals surface area contributed by atoms with Crippen molar-refractivity contribution in [2.45, 2.75) is 0 Å². The molecule has 0 spiro atoms. The van der Waals surface area contributed by atoms with Crippen LogP contribution < -0.4 is 15.5 Å². The molecule has 0 aliphatic carbocycles. The van der Waals surface area contributed by atoms with Crippen LogP contribution in [0.25, 0.3) is 33.4 Å². The Kier molecular flexibility index (Phi) is 8.30. The molecular formula is C33H29F2N7O3. The first-order valence-corrected chi connectivity index (χ1v) is 14.2. The molecule has 2 N–H and O–H groups in total. The summed E-state index contributed by atoms with van der Waals surface area (Å²) in [5, 5.41) is 6.12. The minimum atomic E-state index is -0.736. The number of fused-ring (bicyclic) bond motifs is 1.